The number of esters is 1. The average Bonchev–Trinajstić information content (AvgIpc) is 2.34. The summed E-state index contributed by atoms with van der Waals surface area (Å²) in [6, 6.07) is 0. The van der Waals surface area contributed by atoms with Crippen LogP contribution >= 0.6 is 11.8 Å². The number of rotatable bonds is 2. The van der Waals surface area contributed by atoms with E-state index in [0.29, 0.717) is 5.75 Å². The van der Waals surface area contributed by atoms with Crippen LogP contribution in [0.25, 0.3) is 0 Å². The molecule has 1 rings (SSSR count). The van der Waals surface area contributed by atoms with Gasteiger partial charge in [0.05, 0.1) is 6.10 Å². The maximum atomic E-state index is 11.1. The number of carbonyl (C=O) groups excluding carboxylic acids is 1. The van der Waals surface area contributed by atoms with Crippen molar-refractivity contribution in [3.05, 3.63) is 0 Å². The van der Waals surface area contributed by atoms with Gasteiger partial charge in [0.2, 0.25) is 5.44 Å². The van der Waals surface area contributed by atoms with Crippen LogP contribution in [-0.2, 0) is 14.3 Å². The Bertz CT molecular complexity index is 171. The molecule has 0 aromatic rings. The summed E-state index contributed by atoms with van der Waals surface area (Å²) in [5.41, 5.74) is -0.651. The fourth-order valence-electron chi connectivity index (χ4n) is 0.802. The standard InChI is InChI=1S/C7H12O4S/c1-4(2)10-6(9)7-11-5(8)3-12-7/h4-5,7-8H,3H2,1-2H3. The van der Waals surface area contributed by atoms with Gasteiger partial charge >= 0.3 is 5.97 Å². The van der Waals surface area contributed by atoms with Crippen LogP contribution in [-0.4, -0.2) is 34.7 Å². The predicted molar refractivity (Wildman–Crippen MR) is 44.6 cm³/mol. The Hall–Kier alpha value is -0.260. The molecule has 5 heteroatoms. The van der Waals surface area contributed by atoms with E-state index in [1.807, 2.05) is 0 Å². The third kappa shape index (κ3) is 2.66. The molecule has 70 valence electrons. The highest BCUT2D eigenvalue weighted by molar-refractivity contribution is 8.00. The first-order chi connectivity index (χ1) is 5.59. The first-order valence-electron chi connectivity index (χ1n) is 3.75. The first-order valence-corrected chi connectivity index (χ1v) is 4.80. The third-order valence-corrected chi connectivity index (χ3v) is 2.30. The SMILES string of the molecule is CC(C)OC(=O)C1OC(O)CS1. The normalized spacial score (nSPS) is 29.3. The number of aliphatic hydroxyl groups excluding tert-OH is 1. The molecule has 1 N–H and O–H groups in total. The van der Waals surface area contributed by atoms with E-state index in [2.05, 4.69) is 0 Å². The van der Waals surface area contributed by atoms with Crippen LogP contribution in [0.5, 0.6) is 0 Å². The topological polar surface area (TPSA) is 55.8 Å². The second-order valence-corrected chi connectivity index (χ2v) is 3.84. The Balaban J connectivity index is 2.33. The number of hydrogen-bond acceptors (Lipinski definition) is 5. The molecule has 12 heavy (non-hydrogen) atoms. The van der Waals surface area contributed by atoms with Gasteiger partial charge in [0.15, 0.2) is 6.29 Å². The number of ether oxygens (including phenoxy) is 2. The van der Waals surface area contributed by atoms with E-state index in [9.17, 15) is 4.79 Å². The molecule has 0 aromatic heterocycles. The molecule has 4 nitrogen and oxygen atoms in total. The smallest absolute Gasteiger partial charge is 0.346 e. The monoisotopic (exact) mass is 192 g/mol. The Morgan fingerprint density at radius 1 is 1.75 bits per heavy atom. The molecule has 2 unspecified atom stereocenters. The number of thioether (sulfide) groups is 1. The lowest BCUT2D eigenvalue weighted by molar-refractivity contribution is -0.164. The first kappa shape index (κ1) is 9.83. The third-order valence-electron chi connectivity index (χ3n) is 1.22. The van der Waals surface area contributed by atoms with Gasteiger partial charge in [0, 0.05) is 5.75 Å². The van der Waals surface area contributed by atoms with Crippen molar-refractivity contribution in [2.24, 2.45) is 0 Å². The molecule has 0 aromatic carbocycles. The van der Waals surface area contributed by atoms with Crippen LogP contribution < -0.4 is 0 Å². The van der Waals surface area contributed by atoms with Crippen LogP contribution in [0.1, 0.15) is 13.8 Å². The fraction of sp³-hybridized carbons (Fsp3) is 0.857. The summed E-state index contributed by atoms with van der Waals surface area (Å²) in [5.74, 6) is 0.0178. The highest BCUT2D eigenvalue weighted by Gasteiger charge is 2.31. The summed E-state index contributed by atoms with van der Waals surface area (Å²) >= 11 is 1.25. The van der Waals surface area contributed by atoms with Crippen LogP contribution in [0.3, 0.4) is 0 Å². The van der Waals surface area contributed by atoms with E-state index in [4.69, 9.17) is 14.6 Å². The zero-order chi connectivity index (χ0) is 9.14. The summed E-state index contributed by atoms with van der Waals surface area (Å²) in [4.78, 5) is 11.1. The van der Waals surface area contributed by atoms with Gasteiger partial charge in [0.1, 0.15) is 0 Å². The largest absolute Gasteiger partial charge is 0.460 e. The van der Waals surface area contributed by atoms with Gasteiger partial charge in [-0.3, -0.25) is 0 Å². The molecule has 1 fully saturated rings. The van der Waals surface area contributed by atoms with Crippen LogP contribution in [0.2, 0.25) is 0 Å². The van der Waals surface area contributed by atoms with Crippen molar-refractivity contribution in [2.75, 3.05) is 5.75 Å². The minimum atomic E-state index is -0.834. The van der Waals surface area contributed by atoms with Crippen molar-refractivity contribution >= 4 is 17.7 Å². The molecule has 1 saturated heterocycles. The molecule has 1 aliphatic rings. The van der Waals surface area contributed by atoms with Crippen molar-refractivity contribution in [2.45, 2.75) is 31.7 Å². The van der Waals surface area contributed by atoms with Crippen LogP contribution in [0.15, 0.2) is 0 Å². The lowest BCUT2D eigenvalue weighted by atomic mass is 10.5. The quantitative estimate of drug-likeness (QED) is 0.640. The summed E-state index contributed by atoms with van der Waals surface area (Å²) in [6.07, 6.45) is -0.973. The van der Waals surface area contributed by atoms with Crippen molar-refractivity contribution < 1.29 is 19.4 Å². The highest BCUT2D eigenvalue weighted by Crippen LogP contribution is 2.24. The molecule has 1 aliphatic heterocycles. The molecular weight excluding hydrogens is 180 g/mol. The fourth-order valence-corrected chi connectivity index (χ4v) is 1.62. The van der Waals surface area contributed by atoms with Gasteiger partial charge in [-0.1, -0.05) is 0 Å². The summed E-state index contributed by atoms with van der Waals surface area (Å²) in [7, 11) is 0. The number of aliphatic hydroxyl groups is 1. The number of hydrogen-bond donors (Lipinski definition) is 1. The number of carbonyl (C=O) groups is 1. The molecule has 0 spiro atoms. The average molecular weight is 192 g/mol. The highest BCUT2D eigenvalue weighted by atomic mass is 32.2. The van der Waals surface area contributed by atoms with Gasteiger partial charge in [-0.15, -0.1) is 11.8 Å². The Labute approximate surface area is 75.2 Å². The van der Waals surface area contributed by atoms with Gasteiger partial charge in [-0.2, -0.15) is 0 Å². The van der Waals surface area contributed by atoms with Gasteiger partial charge < -0.3 is 14.6 Å². The van der Waals surface area contributed by atoms with E-state index in [0.717, 1.165) is 0 Å². The second-order valence-electron chi connectivity index (χ2n) is 2.74. The molecule has 0 saturated carbocycles. The lowest BCUT2D eigenvalue weighted by Gasteiger charge is -2.11. The van der Waals surface area contributed by atoms with E-state index in [1.54, 1.807) is 13.8 Å². The molecular formula is C7H12O4S. The zero-order valence-electron chi connectivity index (χ0n) is 7.02. The van der Waals surface area contributed by atoms with E-state index in [-0.39, 0.29) is 6.10 Å². The van der Waals surface area contributed by atoms with E-state index >= 15 is 0 Å². The predicted octanol–water partition coefficient (Wildman–Crippen LogP) is 0.346. The Morgan fingerprint density at radius 3 is 2.83 bits per heavy atom. The van der Waals surface area contributed by atoms with Gasteiger partial charge in [-0.25, -0.2) is 4.79 Å². The van der Waals surface area contributed by atoms with Crippen molar-refractivity contribution in [1.82, 2.24) is 0 Å². The van der Waals surface area contributed by atoms with Crippen molar-refractivity contribution in [1.29, 1.82) is 0 Å². The maximum Gasteiger partial charge on any atom is 0.346 e. The Morgan fingerprint density at radius 2 is 2.42 bits per heavy atom. The van der Waals surface area contributed by atoms with Crippen LogP contribution in [0, 0.1) is 0 Å². The van der Waals surface area contributed by atoms with Crippen LogP contribution in [0.4, 0.5) is 0 Å². The van der Waals surface area contributed by atoms with Crippen molar-refractivity contribution in [3.8, 4) is 0 Å². The molecule has 0 amide bonds. The van der Waals surface area contributed by atoms with Gasteiger partial charge in [-0.05, 0) is 13.8 Å². The molecule has 1 heterocycles. The maximum absolute atomic E-state index is 11.1. The molecule has 0 bridgehead atoms. The molecule has 2 atom stereocenters. The second kappa shape index (κ2) is 4.11. The minimum Gasteiger partial charge on any atom is -0.460 e. The molecule has 0 radical (unpaired) electrons. The summed E-state index contributed by atoms with van der Waals surface area (Å²) in [5, 5.41) is 8.93. The van der Waals surface area contributed by atoms with Crippen molar-refractivity contribution in [3.63, 3.8) is 0 Å². The minimum absolute atomic E-state index is 0.139. The van der Waals surface area contributed by atoms with E-state index in [1.165, 1.54) is 11.8 Å². The Kier molecular flexibility index (Phi) is 3.37. The molecule has 0 aliphatic carbocycles. The summed E-state index contributed by atoms with van der Waals surface area (Å²) < 4.78 is 9.75. The van der Waals surface area contributed by atoms with E-state index < -0.39 is 17.7 Å². The lowest BCUT2D eigenvalue weighted by Crippen LogP contribution is -2.24. The summed E-state index contributed by atoms with van der Waals surface area (Å²) in [6.45, 7) is 3.54. The van der Waals surface area contributed by atoms with Gasteiger partial charge in [0.25, 0.3) is 0 Å². The zero-order valence-corrected chi connectivity index (χ0v) is 7.84.